The van der Waals surface area contributed by atoms with Gasteiger partial charge < -0.3 is 15.8 Å². The van der Waals surface area contributed by atoms with Gasteiger partial charge in [0.05, 0.1) is 0 Å². The predicted molar refractivity (Wildman–Crippen MR) is 78.3 cm³/mol. The average molecular weight is 274 g/mol. The molecule has 3 rings (SSSR count). The number of nitrogen functional groups attached to an aromatic ring is 1. The number of hydrogen-bond acceptors (Lipinski definition) is 3. The monoisotopic (exact) mass is 274 g/mol. The summed E-state index contributed by atoms with van der Waals surface area (Å²) < 4.78 is 5.44. The fraction of sp³-hybridized carbons (Fsp3) is 0.562. The molecule has 108 valence electrons. The van der Waals surface area contributed by atoms with Gasteiger partial charge in [0, 0.05) is 18.3 Å². The van der Waals surface area contributed by atoms with Crippen LogP contribution in [0.25, 0.3) is 0 Å². The quantitative estimate of drug-likeness (QED) is 0.749. The van der Waals surface area contributed by atoms with Gasteiger partial charge in [-0.1, -0.05) is 6.07 Å². The van der Waals surface area contributed by atoms with E-state index in [2.05, 4.69) is 5.32 Å². The van der Waals surface area contributed by atoms with Crippen LogP contribution in [0.15, 0.2) is 24.3 Å². The van der Waals surface area contributed by atoms with Crippen LogP contribution >= 0.6 is 0 Å². The first kappa shape index (κ1) is 13.3. The summed E-state index contributed by atoms with van der Waals surface area (Å²) in [6.07, 6.45) is 5.38. The highest BCUT2D eigenvalue weighted by molar-refractivity contribution is 5.77. The lowest BCUT2D eigenvalue weighted by atomic mass is 9.98. The normalized spacial score (nSPS) is 18.1. The van der Waals surface area contributed by atoms with Gasteiger partial charge in [-0.15, -0.1) is 0 Å². The Morgan fingerprint density at radius 3 is 2.60 bits per heavy atom. The molecule has 0 radical (unpaired) electrons. The van der Waals surface area contributed by atoms with E-state index in [0.29, 0.717) is 17.4 Å². The molecule has 1 amide bonds. The molecule has 0 atom stereocenters. The molecule has 3 N–H and O–H groups in total. The molecule has 0 aliphatic heterocycles. The zero-order valence-corrected chi connectivity index (χ0v) is 11.7. The van der Waals surface area contributed by atoms with Gasteiger partial charge in [0.2, 0.25) is 0 Å². The summed E-state index contributed by atoms with van der Waals surface area (Å²) in [6, 6.07) is 7.15. The Hall–Kier alpha value is -1.71. The van der Waals surface area contributed by atoms with Gasteiger partial charge >= 0.3 is 0 Å². The first-order valence-electron chi connectivity index (χ1n) is 7.47. The zero-order chi connectivity index (χ0) is 13.9. The lowest BCUT2D eigenvalue weighted by Crippen LogP contribution is -2.34. The van der Waals surface area contributed by atoms with Crippen molar-refractivity contribution in [2.45, 2.75) is 25.7 Å². The number of nitrogens with two attached hydrogens (primary N) is 1. The summed E-state index contributed by atoms with van der Waals surface area (Å²) in [5.74, 6) is 3.02. The van der Waals surface area contributed by atoms with Crippen molar-refractivity contribution in [1.82, 2.24) is 5.32 Å². The van der Waals surface area contributed by atoms with Crippen molar-refractivity contribution in [1.29, 1.82) is 0 Å². The van der Waals surface area contributed by atoms with Crippen LogP contribution in [-0.2, 0) is 4.79 Å². The second kappa shape index (κ2) is 5.73. The number of rotatable bonds is 7. The highest BCUT2D eigenvalue weighted by Gasteiger charge is 2.41. The van der Waals surface area contributed by atoms with Crippen molar-refractivity contribution in [2.75, 3.05) is 18.9 Å². The SMILES string of the molecule is Nc1cccc(OCC(=O)NCC(C2CC2)C2CC2)c1. The van der Waals surface area contributed by atoms with Crippen LogP contribution < -0.4 is 15.8 Å². The van der Waals surface area contributed by atoms with E-state index in [9.17, 15) is 4.79 Å². The molecule has 20 heavy (non-hydrogen) atoms. The van der Waals surface area contributed by atoms with Crippen LogP contribution in [0.3, 0.4) is 0 Å². The Morgan fingerprint density at radius 1 is 1.30 bits per heavy atom. The summed E-state index contributed by atoms with van der Waals surface area (Å²) in [5, 5.41) is 3.02. The molecule has 0 heterocycles. The molecule has 2 aliphatic carbocycles. The number of hydrogen-bond donors (Lipinski definition) is 2. The van der Waals surface area contributed by atoms with Crippen LogP contribution in [0.4, 0.5) is 5.69 Å². The standard InChI is InChI=1S/C16H22N2O2/c17-13-2-1-3-14(8-13)20-10-16(19)18-9-15(11-4-5-11)12-6-7-12/h1-3,8,11-12,15H,4-7,9-10,17H2,(H,18,19). The van der Waals surface area contributed by atoms with Crippen LogP contribution in [0.1, 0.15) is 25.7 Å². The minimum atomic E-state index is -0.0428. The topological polar surface area (TPSA) is 64.3 Å². The molecule has 0 bridgehead atoms. The fourth-order valence-electron chi connectivity index (χ4n) is 2.80. The molecule has 4 nitrogen and oxygen atoms in total. The largest absolute Gasteiger partial charge is 0.484 e. The third-order valence-corrected chi connectivity index (χ3v) is 4.22. The summed E-state index contributed by atoms with van der Waals surface area (Å²) in [5.41, 5.74) is 6.31. The number of benzene rings is 1. The molecule has 2 aliphatic rings. The van der Waals surface area contributed by atoms with Crippen LogP contribution in [0, 0.1) is 17.8 Å². The predicted octanol–water partition coefficient (Wildman–Crippen LogP) is 2.20. The second-order valence-corrected chi connectivity index (χ2v) is 6.00. The van der Waals surface area contributed by atoms with E-state index in [-0.39, 0.29) is 12.5 Å². The van der Waals surface area contributed by atoms with Gasteiger partial charge in [-0.25, -0.2) is 0 Å². The maximum absolute atomic E-state index is 11.8. The summed E-state index contributed by atoms with van der Waals surface area (Å²) in [6.45, 7) is 0.875. The summed E-state index contributed by atoms with van der Waals surface area (Å²) in [4.78, 5) is 11.8. The lowest BCUT2D eigenvalue weighted by molar-refractivity contribution is -0.123. The van der Waals surface area contributed by atoms with Crippen molar-refractivity contribution < 1.29 is 9.53 Å². The molecular weight excluding hydrogens is 252 g/mol. The van der Waals surface area contributed by atoms with E-state index in [1.54, 1.807) is 18.2 Å². The van der Waals surface area contributed by atoms with Gasteiger partial charge in [-0.05, 0) is 55.6 Å². The number of nitrogens with one attached hydrogen (secondary N) is 1. The molecule has 2 saturated carbocycles. The lowest BCUT2D eigenvalue weighted by Gasteiger charge is -2.16. The van der Waals surface area contributed by atoms with E-state index < -0.39 is 0 Å². The van der Waals surface area contributed by atoms with E-state index in [4.69, 9.17) is 10.5 Å². The maximum atomic E-state index is 11.8. The minimum Gasteiger partial charge on any atom is -0.484 e. The fourth-order valence-corrected chi connectivity index (χ4v) is 2.80. The van der Waals surface area contributed by atoms with Gasteiger partial charge in [0.15, 0.2) is 6.61 Å². The average Bonchev–Trinajstić information content (AvgIpc) is 3.29. The van der Waals surface area contributed by atoms with Gasteiger partial charge in [0.1, 0.15) is 5.75 Å². The second-order valence-electron chi connectivity index (χ2n) is 6.00. The molecule has 0 spiro atoms. The third-order valence-electron chi connectivity index (χ3n) is 4.22. The van der Waals surface area contributed by atoms with Crippen LogP contribution in [0.2, 0.25) is 0 Å². The Kier molecular flexibility index (Phi) is 3.81. The summed E-state index contributed by atoms with van der Waals surface area (Å²) >= 11 is 0. The number of anilines is 1. The van der Waals surface area contributed by atoms with Crippen molar-refractivity contribution in [2.24, 2.45) is 17.8 Å². The van der Waals surface area contributed by atoms with Crippen LogP contribution in [0.5, 0.6) is 5.75 Å². The van der Waals surface area contributed by atoms with E-state index in [0.717, 1.165) is 18.4 Å². The van der Waals surface area contributed by atoms with E-state index in [1.165, 1.54) is 25.7 Å². The summed E-state index contributed by atoms with van der Waals surface area (Å²) in [7, 11) is 0. The Bertz CT molecular complexity index is 469. The third kappa shape index (κ3) is 3.65. The van der Waals surface area contributed by atoms with Gasteiger partial charge in [-0.2, -0.15) is 0 Å². The first-order chi connectivity index (χ1) is 9.72. The molecule has 0 saturated heterocycles. The molecule has 2 fully saturated rings. The van der Waals surface area contributed by atoms with Crippen LogP contribution in [-0.4, -0.2) is 19.1 Å². The number of carbonyl (C=O) groups is 1. The van der Waals surface area contributed by atoms with Crippen molar-refractivity contribution in [3.8, 4) is 5.75 Å². The maximum Gasteiger partial charge on any atom is 0.257 e. The molecular formula is C16H22N2O2. The highest BCUT2D eigenvalue weighted by atomic mass is 16.5. The van der Waals surface area contributed by atoms with Crippen molar-refractivity contribution in [3.63, 3.8) is 0 Å². The zero-order valence-electron chi connectivity index (χ0n) is 11.7. The van der Waals surface area contributed by atoms with Gasteiger partial charge in [0.25, 0.3) is 5.91 Å². The molecule has 0 unspecified atom stereocenters. The number of carbonyl (C=O) groups excluding carboxylic acids is 1. The number of amides is 1. The van der Waals surface area contributed by atoms with Crippen molar-refractivity contribution in [3.05, 3.63) is 24.3 Å². The Morgan fingerprint density at radius 2 is 2.00 bits per heavy atom. The van der Waals surface area contributed by atoms with Gasteiger partial charge in [-0.3, -0.25) is 4.79 Å². The highest BCUT2D eigenvalue weighted by Crippen LogP contribution is 2.48. The minimum absolute atomic E-state index is 0.0428. The smallest absolute Gasteiger partial charge is 0.257 e. The Labute approximate surface area is 119 Å². The Balaban J connectivity index is 1.40. The molecule has 1 aromatic rings. The number of ether oxygens (including phenoxy) is 1. The molecule has 0 aromatic heterocycles. The molecule has 1 aromatic carbocycles. The van der Waals surface area contributed by atoms with E-state index in [1.807, 2.05) is 6.07 Å². The molecule has 4 heteroatoms. The van der Waals surface area contributed by atoms with E-state index >= 15 is 0 Å². The first-order valence-corrected chi connectivity index (χ1v) is 7.47. The van der Waals surface area contributed by atoms with Crippen molar-refractivity contribution >= 4 is 11.6 Å².